The molecule has 0 radical (unpaired) electrons. The lowest BCUT2D eigenvalue weighted by Gasteiger charge is -2.21. The maximum absolute atomic E-state index is 12.0. The zero-order chi connectivity index (χ0) is 14.9. The number of nitro benzene ring substituents is 1. The van der Waals surface area contributed by atoms with Crippen molar-refractivity contribution in [3.05, 3.63) is 22.2 Å². The van der Waals surface area contributed by atoms with E-state index in [9.17, 15) is 14.9 Å². The molecule has 1 aliphatic heterocycles. The number of rotatable bonds is 2. The molecule has 1 amide bonds. The van der Waals surface area contributed by atoms with Crippen LogP contribution in [0.25, 0.3) is 0 Å². The predicted octanol–water partition coefficient (Wildman–Crippen LogP) is 2.35. The molecule has 1 aromatic carbocycles. The second-order valence-electron chi connectivity index (χ2n) is 5.47. The van der Waals surface area contributed by atoms with Gasteiger partial charge in [-0.05, 0) is 0 Å². The molecule has 1 N–H and O–H groups in total. The van der Waals surface area contributed by atoms with Gasteiger partial charge in [0.25, 0.3) is 5.69 Å². The van der Waals surface area contributed by atoms with Crippen LogP contribution in [-0.4, -0.2) is 24.0 Å². The average molecular weight is 280 g/mol. The van der Waals surface area contributed by atoms with Crippen molar-refractivity contribution in [2.75, 3.05) is 18.5 Å². The topological polar surface area (TPSA) is 90.7 Å². The highest BCUT2D eigenvalue weighted by molar-refractivity contribution is 5.97. The van der Waals surface area contributed by atoms with Crippen molar-refractivity contribution >= 4 is 17.3 Å². The quantitative estimate of drug-likeness (QED) is 0.663. The molecular weight excluding hydrogens is 264 g/mol. The molecule has 2 rings (SSSR count). The lowest BCUT2D eigenvalue weighted by atomic mass is 9.95. The lowest BCUT2D eigenvalue weighted by Crippen LogP contribution is -2.28. The molecule has 1 aliphatic rings. The number of benzene rings is 1. The van der Waals surface area contributed by atoms with Crippen LogP contribution in [0.15, 0.2) is 12.1 Å². The van der Waals surface area contributed by atoms with Gasteiger partial charge in [0.2, 0.25) is 5.91 Å². The third-order valence-corrected chi connectivity index (χ3v) is 2.79. The molecule has 0 aromatic heterocycles. The molecule has 0 unspecified atom stereocenters. The Labute approximate surface area is 116 Å². The fraction of sp³-hybridized carbons (Fsp3) is 0.462. The van der Waals surface area contributed by atoms with Gasteiger partial charge in [-0.15, -0.1) is 0 Å². The molecule has 7 nitrogen and oxygen atoms in total. The molecule has 7 heteroatoms. The molecule has 1 heterocycles. The predicted molar refractivity (Wildman–Crippen MR) is 72.2 cm³/mol. The number of amides is 1. The third kappa shape index (κ3) is 2.81. The Morgan fingerprint density at radius 1 is 1.25 bits per heavy atom. The van der Waals surface area contributed by atoms with Gasteiger partial charge in [-0.1, -0.05) is 20.8 Å². The monoisotopic (exact) mass is 280 g/mol. The van der Waals surface area contributed by atoms with Gasteiger partial charge >= 0.3 is 0 Å². The van der Waals surface area contributed by atoms with Gasteiger partial charge in [0.1, 0.15) is 18.9 Å². The first-order valence-electron chi connectivity index (χ1n) is 6.18. The standard InChI is InChI=1S/C13H16N2O5/c1-13(2,3)12(16)14-8-6-10-11(20-5-4-19-10)7-9(8)15(17)18/h6-7H,4-5H2,1-3H3,(H,14,16). The van der Waals surface area contributed by atoms with Crippen LogP contribution in [0.5, 0.6) is 11.5 Å². The van der Waals surface area contributed by atoms with Crippen molar-refractivity contribution in [1.29, 1.82) is 0 Å². The number of nitrogens with zero attached hydrogens (tertiary/aromatic N) is 1. The normalized spacial score (nSPS) is 13.8. The SMILES string of the molecule is CC(C)(C)C(=O)Nc1cc2c(cc1[N+](=O)[O-])OCCO2. The van der Waals surface area contributed by atoms with Gasteiger partial charge < -0.3 is 14.8 Å². The van der Waals surface area contributed by atoms with Crippen LogP contribution in [0.4, 0.5) is 11.4 Å². The van der Waals surface area contributed by atoms with Crippen LogP contribution in [-0.2, 0) is 4.79 Å². The minimum atomic E-state index is -0.652. The molecule has 0 saturated carbocycles. The summed E-state index contributed by atoms with van der Waals surface area (Å²) in [7, 11) is 0. The zero-order valence-corrected chi connectivity index (χ0v) is 11.6. The first-order valence-corrected chi connectivity index (χ1v) is 6.18. The maximum atomic E-state index is 12.0. The number of hydrogen-bond donors (Lipinski definition) is 1. The summed E-state index contributed by atoms with van der Waals surface area (Å²) in [5.41, 5.74) is -0.757. The first-order chi connectivity index (χ1) is 9.29. The van der Waals surface area contributed by atoms with Crippen LogP contribution < -0.4 is 14.8 Å². The van der Waals surface area contributed by atoms with Crippen LogP contribution in [0.2, 0.25) is 0 Å². The Bertz CT molecular complexity index is 563. The summed E-state index contributed by atoms with van der Waals surface area (Å²) in [6.45, 7) is 5.90. The number of fused-ring (bicyclic) bond motifs is 1. The van der Waals surface area contributed by atoms with Gasteiger partial charge in [0.15, 0.2) is 11.5 Å². The lowest BCUT2D eigenvalue weighted by molar-refractivity contribution is -0.384. The van der Waals surface area contributed by atoms with Crippen molar-refractivity contribution in [2.45, 2.75) is 20.8 Å². The van der Waals surface area contributed by atoms with Gasteiger partial charge in [0.05, 0.1) is 11.0 Å². The van der Waals surface area contributed by atoms with Gasteiger partial charge in [-0.3, -0.25) is 14.9 Å². The molecule has 0 spiro atoms. The van der Waals surface area contributed by atoms with Crippen LogP contribution in [0.1, 0.15) is 20.8 Å². The van der Waals surface area contributed by atoms with Gasteiger partial charge in [-0.2, -0.15) is 0 Å². The number of carbonyl (C=O) groups is 1. The van der Waals surface area contributed by atoms with E-state index >= 15 is 0 Å². The summed E-state index contributed by atoms with van der Waals surface area (Å²) in [5.74, 6) is 0.403. The van der Waals surface area contributed by atoms with Crippen molar-refractivity contribution in [2.24, 2.45) is 5.41 Å². The van der Waals surface area contributed by atoms with E-state index in [0.717, 1.165) is 0 Å². The summed E-state index contributed by atoms with van der Waals surface area (Å²) in [4.78, 5) is 22.5. The zero-order valence-electron chi connectivity index (χ0n) is 11.6. The van der Waals surface area contributed by atoms with E-state index in [0.29, 0.717) is 24.7 Å². The summed E-state index contributed by atoms with van der Waals surface area (Å²) >= 11 is 0. The Balaban J connectivity index is 2.40. The summed E-state index contributed by atoms with van der Waals surface area (Å²) < 4.78 is 10.7. The smallest absolute Gasteiger partial charge is 0.296 e. The van der Waals surface area contributed by atoms with Crippen molar-refractivity contribution < 1.29 is 19.2 Å². The summed E-state index contributed by atoms with van der Waals surface area (Å²) in [6.07, 6.45) is 0. The van der Waals surface area contributed by atoms with Gasteiger partial charge in [-0.25, -0.2) is 0 Å². The van der Waals surface area contributed by atoms with Crippen molar-refractivity contribution in [3.63, 3.8) is 0 Å². The minimum Gasteiger partial charge on any atom is -0.486 e. The first kappa shape index (κ1) is 14.1. The Kier molecular flexibility index (Phi) is 3.52. The number of hydrogen-bond acceptors (Lipinski definition) is 5. The Morgan fingerprint density at radius 2 is 1.80 bits per heavy atom. The van der Waals surface area contributed by atoms with E-state index in [4.69, 9.17) is 9.47 Å². The molecule has 0 aliphatic carbocycles. The van der Waals surface area contributed by atoms with E-state index in [-0.39, 0.29) is 17.3 Å². The van der Waals surface area contributed by atoms with Crippen LogP contribution in [0.3, 0.4) is 0 Å². The molecule has 0 saturated heterocycles. The number of carbonyl (C=O) groups excluding carboxylic acids is 1. The molecule has 0 atom stereocenters. The molecule has 0 fully saturated rings. The molecule has 0 bridgehead atoms. The maximum Gasteiger partial charge on any atom is 0.296 e. The molecule has 1 aromatic rings. The van der Waals surface area contributed by atoms with E-state index in [1.54, 1.807) is 20.8 Å². The van der Waals surface area contributed by atoms with Crippen LogP contribution >= 0.6 is 0 Å². The summed E-state index contributed by atoms with van der Waals surface area (Å²) in [6, 6.07) is 2.70. The van der Waals surface area contributed by atoms with E-state index < -0.39 is 10.3 Å². The van der Waals surface area contributed by atoms with Crippen molar-refractivity contribution in [3.8, 4) is 11.5 Å². The van der Waals surface area contributed by atoms with E-state index in [2.05, 4.69) is 5.32 Å². The van der Waals surface area contributed by atoms with Crippen LogP contribution in [0, 0.1) is 15.5 Å². The average Bonchev–Trinajstić information content (AvgIpc) is 2.36. The number of nitrogens with one attached hydrogen (secondary N) is 1. The summed E-state index contributed by atoms with van der Waals surface area (Å²) in [5, 5.41) is 13.7. The second kappa shape index (κ2) is 4.99. The van der Waals surface area contributed by atoms with Crippen molar-refractivity contribution in [1.82, 2.24) is 0 Å². The highest BCUT2D eigenvalue weighted by atomic mass is 16.6. The fourth-order valence-corrected chi connectivity index (χ4v) is 1.64. The number of anilines is 1. The third-order valence-electron chi connectivity index (χ3n) is 2.79. The molecule has 20 heavy (non-hydrogen) atoms. The highest BCUT2D eigenvalue weighted by Gasteiger charge is 2.27. The second-order valence-corrected chi connectivity index (χ2v) is 5.47. The number of nitro groups is 1. The largest absolute Gasteiger partial charge is 0.486 e. The number of ether oxygens (including phenoxy) is 2. The highest BCUT2D eigenvalue weighted by Crippen LogP contribution is 2.39. The van der Waals surface area contributed by atoms with E-state index in [1.165, 1.54) is 12.1 Å². The molecule has 108 valence electrons. The van der Waals surface area contributed by atoms with Gasteiger partial charge in [0, 0.05) is 11.5 Å². The van der Waals surface area contributed by atoms with E-state index in [1.807, 2.05) is 0 Å². The Hall–Kier alpha value is -2.31. The molecular formula is C13H16N2O5. The Morgan fingerprint density at radius 3 is 2.30 bits per heavy atom. The fourth-order valence-electron chi connectivity index (χ4n) is 1.64. The minimum absolute atomic E-state index is 0.110.